The molecule has 3 saturated heterocycles. The largest absolute Gasteiger partial charge is 0.379 e. The van der Waals surface area contributed by atoms with Crippen LogP contribution in [0.25, 0.3) is 0 Å². The Morgan fingerprint density at radius 1 is 1.03 bits per heavy atom. The molecule has 0 bridgehead atoms. The second kappa shape index (κ2) is 12.2. The standard InChI is InChI=1S/C22H35N5O2.HI/c1-23-22(27-6-5-21(18-27)26-9-13-29-14-10-26)24-16-19-3-2-4-20(15-19)17-25-7-11-28-12-8-25;/h2-4,15,21H,5-14,16-18H2,1H3,(H,23,24);1H. The molecule has 1 atom stereocenters. The lowest BCUT2D eigenvalue weighted by Gasteiger charge is -2.32. The van der Waals surface area contributed by atoms with Crippen LogP contribution in [0.5, 0.6) is 0 Å². The molecule has 0 spiro atoms. The fourth-order valence-electron chi connectivity index (χ4n) is 4.54. The number of morpholine rings is 2. The molecule has 3 aliphatic heterocycles. The van der Waals surface area contributed by atoms with Crippen molar-refractivity contribution >= 4 is 29.9 Å². The van der Waals surface area contributed by atoms with Crippen molar-refractivity contribution < 1.29 is 9.47 Å². The molecule has 3 aliphatic rings. The van der Waals surface area contributed by atoms with Crippen molar-refractivity contribution in [3.8, 4) is 0 Å². The number of rotatable bonds is 5. The van der Waals surface area contributed by atoms with Crippen LogP contribution in [-0.2, 0) is 22.6 Å². The Hall–Kier alpha value is -0.940. The van der Waals surface area contributed by atoms with Crippen LogP contribution in [0.2, 0.25) is 0 Å². The number of hydrogen-bond donors (Lipinski definition) is 1. The number of guanidine groups is 1. The van der Waals surface area contributed by atoms with Crippen molar-refractivity contribution in [2.24, 2.45) is 4.99 Å². The van der Waals surface area contributed by atoms with Crippen LogP contribution >= 0.6 is 24.0 Å². The summed E-state index contributed by atoms with van der Waals surface area (Å²) >= 11 is 0. The minimum absolute atomic E-state index is 0. The van der Waals surface area contributed by atoms with E-state index in [9.17, 15) is 0 Å². The Morgan fingerprint density at radius 3 is 2.47 bits per heavy atom. The molecule has 8 heteroatoms. The van der Waals surface area contributed by atoms with Crippen LogP contribution in [0.3, 0.4) is 0 Å². The summed E-state index contributed by atoms with van der Waals surface area (Å²) in [5.41, 5.74) is 2.68. The Morgan fingerprint density at radius 2 is 1.73 bits per heavy atom. The van der Waals surface area contributed by atoms with Crippen LogP contribution < -0.4 is 5.32 Å². The fourth-order valence-corrected chi connectivity index (χ4v) is 4.54. The SMILES string of the molecule is CN=C(NCc1cccc(CN2CCOCC2)c1)N1CCC(N2CCOCC2)C1.I. The van der Waals surface area contributed by atoms with E-state index in [0.717, 1.165) is 84.7 Å². The minimum Gasteiger partial charge on any atom is -0.379 e. The number of aliphatic imine (C=N–C) groups is 1. The van der Waals surface area contributed by atoms with Gasteiger partial charge in [0.25, 0.3) is 0 Å². The maximum Gasteiger partial charge on any atom is 0.193 e. The summed E-state index contributed by atoms with van der Waals surface area (Å²) in [6.45, 7) is 11.5. The van der Waals surface area contributed by atoms with Gasteiger partial charge < -0.3 is 19.7 Å². The van der Waals surface area contributed by atoms with E-state index in [-0.39, 0.29) is 24.0 Å². The van der Waals surface area contributed by atoms with Gasteiger partial charge in [0, 0.05) is 65.4 Å². The normalized spacial score (nSPS) is 24.0. The molecule has 1 unspecified atom stereocenters. The molecule has 3 heterocycles. The number of ether oxygens (including phenoxy) is 2. The van der Waals surface area contributed by atoms with Crippen molar-refractivity contribution in [2.75, 3.05) is 72.7 Å². The lowest BCUT2D eigenvalue weighted by molar-refractivity contribution is 0.0195. The van der Waals surface area contributed by atoms with Crippen molar-refractivity contribution in [3.63, 3.8) is 0 Å². The molecule has 3 fully saturated rings. The van der Waals surface area contributed by atoms with Crippen LogP contribution in [0.4, 0.5) is 0 Å². The third-order valence-electron chi connectivity index (χ3n) is 6.19. The first kappa shape index (κ1) is 23.7. The first-order chi connectivity index (χ1) is 14.3. The fraction of sp³-hybridized carbons (Fsp3) is 0.682. The summed E-state index contributed by atoms with van der Waals surface area (Å²) in [5, 5.41) is 3.58. The highest BCUT2D eigenvalue weighted by atomic mass is 127. The van der Waals surface area contributed by atoms with Gasteiger partial charge in [0.1, 0.15) is 0 Å². The Bertz CT molecular complexity index is 677. The molecule has 0 radical (unpaired) electrons. The predicted molar refractivity (Wildman–Crippen MR) is 131 cm³/mol. The van der Waals surface area contributed by atoms with Gasteiger partial charge in [0.05, 0.1) is 26.4 Å². The van der Waals surface area contributed by atoms with E-state index in [0.29, 0.717) is 6.04 Å². The first-order valence-electron chi connectivity index (χ1n) is 11.0. The highest BCUT2D eigenvalue weighted by Crippen LogP contribution is 2.17. The second-order valence-electron chi connectivity index (χ2n) is 8.15. The summed E-state index contributed by atoms with van der Waals surface area (Å²) in [5.74, 6) is 1.01. The molecule has 4 rings (SSSR count). The van der Waals surface area contributed by atoms with E-state index in [2.05, 4.69) is 49.3 Å². The third kappa shape index (κ3) is 6.53. The number of hydrogen-bond acceptors (Lipinski definition) is 5. The monoisotopic (exact) mass is 529 g/mol. The Labute approximate surface area is 197 Å². The molecule has 7 nitrogen and oxygen atoms in total. The van der Waals surface area contributed by atoms with Gasteiger partial charge in [-0.05, 0) is 17.5 Å². The molecule has 168 valence electrons. The zero-order valence-corrected chi connectivity index (χ0v) is 20.4. The second-order valence-corrected chi connectivity index (χ2v) is 8.15. The third-order valence-corrected chi connectivity index (χ3v) is 6.19. The number of likely N-dealkylation sites (tertiary alicyclic amines) is 1. The molecule has 1 N–H and O–H groups in total. The molecule has 0 aromatic heterocycles. The summed E-state index contributed by atoms with van der Waals surface area (Å²) in [6.07, 6.45) is 1.20. The summed E-state index contributed by atoms with van der Waals surface area (Å²) in [4.78, 5) is 12.0. The van der Waals surface area contributed by atoms with E-state index >= 15 is 0 Å². The molecular formula is C22H36IN5O2. The Kier molecular flexibility index (Phi) is 9.64. The van der Waals surface area contributed by atoms with Gasteiger partial charge in [-0.1, -0.05) is 24.3 Å². The first-order valence-corrected chi connectivity index (χ1v) is 11.0. The van der Waals surface area contributed by atoms with Gasteiger partial charge in [-0.25, -0.2) is 0 Å². The van der Waals surface area contributed by atoms with Crippen molar-refractivity contribution in [3.05, 3.63) is 35.4 Å². The van der Waals surface area contributed by atoms with Gasteiger partial charge in [0.2, 0.25) is 0 Å². The van der Waals surface area contributed by atoms with Crippen molar-refractivity contribution in [2.45, 2.75) is 25.6 Å². The van der Waals surface area contributed by atoms with Crippen LogP contribution in [0.15, 0.2) is 29.3 Å². The molecule has 30 heavy (non-hydrogen) atoms. The predicted octanol–water partition coefficient (Wildman–Crippen LogP) is 1.62. The van der Waals surface area contributed by atoms with Gasteiger partial charge in [-0.15, -0.1) is 24.0 Å². The number of nitrogens with one attached hydrogen (secondary N) is 1. The number of nitrogens with zero attached hydrogens (tertiary/aromatic N) is 4. The number of halogens is 1. The van der Waals surface area contributed by atoms with Gasteiger partial charge >= 0.3 is 0 Å². The molecule has 1 aromatic carbocycles. The average molecular weight is 529 g/mol. The molecule has 0 saturated carbocycles. The summed E-state index contributed by atoms with van der Waals surface area (Å²) in [7, 11) is 1.89. The molecule has 0 amide bonds. The van der Waals surface area contributed by atoms with Crippen LogP contribution in [0.1, 0.15) is 17.5 Å². The Balaban J connectivity index is 0.00000256. The molecular weight excluding hydrogens is 493 g/mol. The van der Waals surface area contributed by atoms with Crippen molar-refractivity contribution in [1.29, 1.82) is 0 Å². The number of benzene rings is 1. The maximum absolute atomic E-state index is 5.50. The van der Waals surface area contributed by atoms with Crippen LogP contribution in [-0.4, -0.2) is 99.4 Å². The zero-order valence-electron chi connectivity index (χ0n) is 18.1. The summed E-state index contributed by atoms with van der Waals surface area (Å²) in [6, 6.07) is 9.52. The van der Waals surface area contributed by atoms with E-state index < -0.39 is 0 Å². The van der Waals surface area contributed by atoms with E-state index in [4.69, 9.17) is 9.47 Å². The molecule has 0 aliphatic carbocycles. The lowest BCUT2D eigenvalue weighted by Crippen LogP contribution is -2.46. The topological polar surface area (TPSA) is 52.6 Å². The summed E-state index contributed by atoms with van der Waals surface area (Å²) < 4.78 is 11.0. The molecule has 1 aromatic rings. The highest BCUT2D eigenvalue weighted by Gasteiger charge is 2.30. The van der Waals surface area contributed by atoms with Crippen molar-refractivity contribution in [1.82, 2.24) is 20.0 Å². The smallest absolute Gasteiger partial charge is 0.193 e. The highest BCUT2D eigenvalue weighted by molar-refractivity contribution is 14.0. The van der Waals surface area contributed by atoms with E-state index in [1.54, 1.807) is 0 Å². The quantitative estimate of drug-likeness (QED) is 0.356. The zero-order chi connectivity index (χ0) is 19.9. The van der Waals surface area contributed by atoms with Crippen LogP contribution in [0, 0.1) is 0 Å². The van der Waals surface area contributed by atoms with E-state index in [1.807, 2.05) is 7.05 Å². The average Bonchev–Trinajstić information content (AvgIpc) is 3.26. The van der Waals surface area contributed by atoms with Gasteiger partial charge in [-0.2, -0.15) is 0 Å². The lowest BCUT2D eigenvalue weighted by atomic mass is 10.1. The van der Waals surface area contributed by atoms with Gasteiger partial charge in [-0.3, -0.25) is 14.8 Å². The maximum atomic E-state index is 5.50. The van der Waals surface area contributed by atoms with Gasteiger partial charge in [0.15, 0.2) is 5.96 Å². The van der Waals surface area contributed by atoms with E-state index in [1.165, 1.54) is 17.5 Å². The minimum atomic E-state index is 0.